The van der Waals surface area contributed by atoms with E-state index in [0.717, 1.165) is 16.8 Å². The van der Waals surface area contributed by atoms with Crippen LogP contribution in [0.1, 0.15) is 16.1 Å². The van der Waals surface area contributed by atoms with Gasteiger partial charge in [-0.3, -0.25) is 4.79 Å². The summed E-state index contributed by atoms with van der Waals surface area (Å²) in [6.07, 6.45) is 0. The summed E-state index contributed by atoms with van der Waals surface area (Å²) in [6.45, 7) is 4.04. The largest absolute Gasteiger partial charge is 0.378 e. The van der Waals surface area contributed by atoms with Crippen LogP contribution in [0.3, 0.4) is 0 Å². The lowest BCUT2D eigenvalue weighted by molar-refractivity contribution is 0.0298. The Kier molecular flexibility index (Phi) is 5.83. The normalized spacial score (nSPS) is 14.3. The van der Waals surface area contributed by atoms with E-state index in [2.05, 4.69) is 5.10 Å². The van der Waals surface area contributed by atoms with E-state index in [1.165, 1.54) is 0 Å². The van der Waals surface area contributed by atoms with E-state index in [9.17, 15) is 4.79 Å². The van der Waals surface area contributed by atoms with Crippen LogP contribution in [-0.4, -0.2) is 46.9 Å². The molecule has 0 unspecified atom stereocenters. The SMILES string of the molecule is Cc1c(C(=O)N2CCOCC2)nn(-c2ccc(Cl)cc2Cl)c1-c1ccc(Cl)cc1. The monoisotopic (exact) mass is 449 g/mol. The van der Waals surface area contributed by atoms with Gasteiger partial charge in [0, 0.05) is 34.3 Å². The first-order valence-corrected chi connectivity index (χ1v) is 10.3. The van der Waals surface area contributed by atoms with Crippen LogP contribution in [0, 0.1) is 6.92 Å². The molecule has 0 aliphatic carbocycles. The van der Waals surface area contributed by atoms with Crippen LogP contribution in [0.5, 0.6) is 0 Å². The highest BCUT2D eigenvalue weighted by Crippen LogP contribution is 2.33. The Bertz CT molecular complexity index is 1060. The molecule has 150 valence electrons. The number of ether oxygens (including phenoxy) is 1. The summed E-state index contributed by atoms with van der Waals surface area (Å²) in [4.78, 5) is 14.9. The van der Waals surface area contributed by atoms with Gasteiger partial charge in [0.25, 0.3) is 5.91 Å². The minimum absolute atomic E-state index is 0.121. The predicted octanol–water partition coefficient (Wildman–Crippen LogP) is 5.28. The third-order valence-corrected chi connectivity index (χ3v) is 5.67. The molecular weight excluding hydrogens is 433 g/mol. The predicted molar refractivity (Wildman–Crippen MR) is 115 cm³/mol. The lowest BCUT2D eigenvalue weighted by Crippen LogP contribution is -2.41. The molecule has 0 radical (unpaired) electrons. The quantitative estimate of drug-likeness (QED) is 0.545. The van der Waals surface area contributed by atoms with Gasteiger partial charge in [-0.25, -0.2) is 4.68 Å². The molecule has 4 rings (SSSR count). The molecule has 2 heterocycles. The summed E-state index contributed by atoms with van der Waals surface area (Å²) >= 11 is 18.6. The molecule has 0 saturated carbocycles. The molecule has 1 fully saturated rings. The molecule has 1 aliphatic rings. The van der Waals surface area contributed by atoms with Gasteiger partial charge < -0.3 is 9.64 Å². The number of carbonyl (C=O) groups is 1. The fourth-order valence-corrected chi connectivity index (χ4v) is 4.00. The Morgan fingerprint density at radius 2 is 1.66 bits per heavy atom. The van der Waals surface area contributed by atoms with Crippen LogP contribution in [-0.2, 0) is 4.74 Å². The molecule has 29 heavy (non-hydrogen) atoms. The van der Waals surface area contributed by atoms with Crippen molar-refractivity contribution in [1.82, 2.24) is 14.7 Å². The highest BCUT2D eigenvalue weighted by Gasteiger charge is 2.27. The number of hydrogen-bond acceptors (Lipinski definition) is 3. The van der Waals surface area contributed by atoms with Crippen molar-refractivity contribution in [1.29, 1.82) is 0 Å². The fourth-order valence-electron chi connectivity index (χ4n) is 3.39. The summed E-state index contributed by atoms with van der Waals surface area (Å²) in [6, 6.07) is 12.6. The Balaban J connectivity index is 1.88. The number of halogens is 3. The third-order valence-electron chi connectivity index (χ3n) is 4.88. The summed E-state index contributed by atoms with van der Waals surface area (Å²) in [5.74, 6) is -0.121. The second-order valence-electron chi connectivity index (χ2n) is 6.74. The van der Waals surface area contributed by atoms with E-state index in [1.807, 2.05) is 19.1 Å². The van der Waals surface area contributed by atoms with Crippen molar-refractivity contribution in [2.45, 2.75) is 6.92 Å². The van der Waals surface area contributed by atoms with Crippen molar-refractivity contribution in [3.05, 3.63) is 68.8 Å². The third kappa shape index (κ3) is 4.01. The van der Waals surface area contributed by atoms with Gasteiger partial charge in [0.05, 0.1) is 29.6 Å². The summed E-state index contributed by atoms with van der Waals surface area (Å²) < 4.78 is 7.06. The second-order valence-corrected chi connectivity index (χ2v) is 8.02. The molecule has 2 aromatic carbocycles. The number of amides is 1. The number of morpholine rings is 1. The van der Waals surface area contributed by atoms with E-state index >= 15 is 0 Å². The van der Waals surface area contributed by atoms with Crippen molar-refractivity contribution in [2.75, 3.05) is 26.3 Å². The number of rotatable bonds is 3. The molecule has 5 nitrogen and oxygen atoms in total. The lowest BCUT2D eigenvalue weighted by Gasteiger charge is -2.26. The van der Waals surface area contributed by atoms with Crippen LogP contribution in [0.25, 0.3) is 16.9 Å². The number of carbonyl (C=O) groups excluding carboxylic acids is 1. The Labute approximate surface area is 183 Å². The maximum Gasteiger partial charge on any atom is 0.274 e. The fraction of sp³-hybridized carbons (Fsp3) is 0.238. The lowest BCUT2D eigenvalue weighted by atomic mass is 10.1. The standard InChI is InChI=1S/C21H18Cl3N3O2/c1-13-19(21(28)26-8-10-29-11-9-26)25-27(18-7-6-16(23)12-17(18)24)20(13)14-2-4-15(22)5-3-14/h2-7,12H,8-11H2,1H3. The van der Waals surface area contributed by atoms with Crippen molar-refractivity contribution in [2.24, 2.45) is 0 Å². The number of benzene rings is 2. The molecule has 0 N–H and O–H groups in total. The minimum atomic E-state index is -0.121. The zero-order chi connectivity index (χ0) is 20.5. The molecule has 0 bridgehead atoms. The Morgan fingerprint density at radius 1 is 1.00 bits per heavy atom. The van der Waals surface area contributed by atoms with E-state index < -0.39 is 0 Å². The minimum Gasteiger partial charge on any atom is -0.378 e. The highest BCUT2D eigenvalue weighted by molar-refractivity contribution is 6.35. The van der Waals surface area contributed by atoms with Crippen LogP contribution < -0.4 is 0 Å². The van der Waals surface area contributed by atoms with Crippen molar-refractivity contribution < 1.29 is 9.53 Å². The zero-order valence-corrected chi connectivity index (χ0v) is 17.9. The molecule has 1 aromatic heterocycles. The van der Waals surface area contributed by atoms with E-state index in [-0.39, 0.29) is 5.91 Å². The summed E-state index contributed by atoms with van der Waals surface area (Å²) in [7, 11) is 0. The summed E-state index contributed by atoms with van der Waals surface area (Å²) in [5, 5.41) is 6.27. The average Bonchev–Trinajstić information content (AvgIpc) is 3.05. The maximum absolute atomic E-state index is 13.2. The Hall–Kier alpha value is -2.05. The van der Waals surface area contributed by atoms with Crippen LogP contribution in [0.2, 0.25) is 15.1 Å². The van der Waals surface area contributed by atoms with Crippen LogP contribution in [0.15, 0.2) is 42.5 Å². The van der Waals surface area contributed by atoms with Gasteiger partial charge in [0.1, 0.15) is 0 Å². The first-order chi connectivity index (χ1) is 14.0. The molecule has 1 amide bonds. The van der Waals surface area contributed by atoms with Gasteiger partial charge in [0.15, 0.2) is 5.69 Å². The molecule has 1 aliphatic heterocycles. The van der Waals surface area contributed by atoms with Gasteiger partial charge >= 0.3 is 0 Å². The Morgan fingerprint density at radius 3 is 2.31 bits per heavy atom. The maximum atomic E-state index is 13.2. The summed E-state index contributed by atoms with van der Waals surface area (Å²) in [5.41, 5.74) is 3.47. The van der Waals surface area contributed by atoms with E-state index in [1.54, 1.807) is 39.9 Å². The number of aromatic nitrogens is 2. The van der Waals surface area contributed by atoms with Crippen molar-refractivity contribution >= 4 is 40.7 Å². The number of nitrogens with zero attached hydrogens (tertiary/aromatic N) is 3. The smallest absolute Gasteiger partial charge is 0.274 e. The number of hydrogen-bond donors (Lipinski definition) is 0. The average molecular weight is 451 g/mol. The van der Waals surface area contributed by atoms with Gasteiger partial charge in [-0.15, -0.1) is 0 Å². The molecule has 8 heteroatoms. The second kappa shape index (κ2) is 8.36. The van der Waals surface area contributed by atoms with Crippen LogP contribution >= 0.6 is 34.8 Å². The highest BCUT2D eigenvalue weighted by atomic mass is 35.5. The van der Waals surface area contributed by atoms with Gasteiger partial charge in [-0.1, -0.05) is 46.9 Å². The first-order valence-electron chi connectivity index (χ1n) is 9.13. The van der Waals surface area contributed by atoms with Crippen molar-refractivity contribution in [3.8, 4) is 16.9 Å². The van der Waals surface area contributed by atoms with Crippen molar-refractivity contribution in [3.63, 3.8) is 0 Å². The topological polar surface area (TPSA) is 47.4 Å². The van der Waals surface area contributed by atoms with Gasteiger partial charge in [-0.2, -0.15) is 5.10 Å². The first kappa shape index (κ1) is 20.2. The molecule has 3 aromatic rings. The zero-order valence-electron chi connectivity index (χ0n) is 15.7. The molecule has 0 atom stereocenters. The van der Waals surface area contributed by atoms with E-state index in [0.29, 0.717) is 52.8 Å². The molecular formula is C21H18Cl3N3O2. The molecule has 1 saturated heterocycles. The van der Waals surface area contributed by atoms with Gasteiger partial charge in [-0.05, 0) is 37.3 Å². The van der Waals surface area contributed by atoms with Crippen LogP contribution in [0.4, 0.5) is 0 Å². The van der Waals surface area contributed by atoms with E-state index in [4.69, 9.17) is 39.5 Å². The van der Waals surface area contributed by atoms with Gasteiger partial charge in [0.2, 0.25) is 0 Å². The molecule has 0 spiro atoms.